The van der Waals surface area contributed by atoms with Gasteiger partial charge in [0.15, 0.2) is 5.82 Å². The van der Waals surface area contributed by atoms with Gasteiger partial charge in [-0.2, -0.15) is 0 Å². The fourth-order valence-electron chi connectivity index (χ4n) is 2.51. The van der Waals surface area contributed by atoms with E-state index in [9.17, 15) is 13.2 Å². The molecule has 0 aliphatic rings. The van der Waals surface area contributed by atoms with Gasteiger partial charge in [-0.25, -0.2) is 18.2 Å². The van der Waals surface area contributed by atoms with Gasteiger partial charge >= 0.3 is 0 Å². The zero-order valence-electron chi connectivity index (χ0n) is 15.8. The van der Waals surface area contributed by atoms with E-state index in [1.807, 2.05) is 13.8 Å². The van der Waals surface area contributed by atoms with Crippen LogP contribution in [0.2, 0.25) is 0 Å². The molecule has 0 unspecified atom stereocenters. The summed E-state index contributed by atoms with van der Waals surface area (Å²) in [6.07, 6.45) is 0. The first-order chi connectivity index (χ1) is 13.7. The number of nitrogens with two attached hydrogens (primary N) is 1. The zero-order valence-corrected chi connectivity index (χ0v) is 16.6. The number of nitrogens with zero attached hydrogens (tertiary/aromatic N) is 4. The molecule has 0 spiro atoms. The van der Waals surface area contributed by atoms with Crippen LogP contribution in [0.4, 0.5) is 5.69 Å². The molecule has 3 rings (SSSR count). The first-order valence-electron chi connectivity index (χ1n) is 8.68. The Hall–Kier alpha value is -3.31. The van der Waals surface area contributed by atoms with Gasteiger partial charge in [-0.3, -0.25) is 4.79 Å². The summed E-state index contributed by atoms with van der Waals surface area (Å²) in [5.41, 5.74) is 0.811. The molecule has 1 amide bonds. The zero-order chi connectivity index (χ0) is 21.0. The average Bonchev–Trinajstić information content (AvgIpc) is 3.15. The summed E-state index contributed by atoms with van der Waals surface area (Å²) in [6.45, 7) is 4.08. The second-order valence-electron chi connectivity index (χ2n) is 6.47. The highest BCUT2D eigenvalue weighted by Gasteiger charge is 2.12. The number of tetrazole rings is 1. The summed E-state index contributed by atoms with van der Waals surface area (Å²) in [5.74, 6) is 0.691. The average molecular weight is 416 g/mol. The first-order valence-corrected chi connectivity index (χ1v) is 10.2. The normalized spacial score (nSPS) is 11.4. The Bertz CT molecular complexity index is 1110. The lowest BCUT2D eigenvalue weighted by atomic mass is 10.2. The van der Waals surface area contributed by atoms with Crippen molar-refractivity contribution in [2.45, 2.75) is 31.4 Å². The molecule has 0 aliphatic carbocycles. The highest BCUT2D eigenvalue weighted by atomic mass is 32.2. The van der Waals surface area contributed by atoms with Crippen LogP contribution in [-0.2, 0) is 16.6 Å². The number of primary sulfonamides is 1. The van der Waals surface area contributed by atoms with Crippen LogP contribution in [0, 0.1) is 0 Å². The Morgan fingerprint density at radius 1 is 1.21 bits per heavy atom. The largest absolute Gasteiger partial charge is 0.486 e. The van der Waals surface area contributed by atoms with E-state index in [1.165, 1.54) is 24.3 Å². The monoisotopic (exact) mass is 416 g/mol. The number of anilines is 1. The minimum absolute atomic E-state index is 0.0327. The molecule has 0 atom stereocenters. The van der Waals surface area contributed by atoms with Crippen LogP contribution in [0.5, 0.6) is 5.75 Å². The van der Waals surface area contributed by atoms with Crippen LogP contribution < -0.4 is 15.2 Å². The van der Waals surface area contributed by atoms with Crippen LogP contribution in [0.1, 0.15) is 36.1 Å². The molecular formula is C18H20N6O4S. The molecule has 10 nitrogen and oxygen atoms in total. The summed E-state index contributed by atoms with van der Waals surface area (Å²) in [5, 5.41) is 19.2. The number of hydrogen-bond acceptors (Lipinski definition) is 7. The maximum absolute atomic E-state index is 12.5. The van der Waals surface area contributed by atoms with Gasteiger partial charge in [-0.15, -0.1) is 5.10 Å². The lowest BCUT2D eigenvalue weighted by molar-refractivity contribution is 0.102. The molecule has 1 heterocycles. The van der Waals surface area contributed by atoms with Crippen molar-refractivity contribution in [2.24, 2.45) is 5.14 Å². The number of sulfonamides is 1. The molecule has 3 N–H and O–H groups in total. The molecule has 3 aromatic rings. The van der Waals surface area contributed by atoms with Crippen molar-refractivity contribution < 1.29 is 17.9 Å². The Morgan fingerprint density at radius 3 is 2.59 bits per heavy atom. The second kappa shape index (κ2) is 8.37. The van der Waals surface area contributed by atoms with E-state index < -0.39 is 10.0 Å². The fraction of sp³-hybridized carbons (Fsp3) is 0.222. The fourth-order valence-corrected chi connectivity index (χ4v) is 3.03. The van der Waals surface area contributed by atoms with Crippen LogP contribution in [0.3, 0.4) is 0 Å². The molecule has 0 bridgehead atoms. The smallest absolute Gasteiger partial charge is 0.255 e. The van der Waals surface area contributed by atoms with Gasteiger partial charge in [-0.05, 0) is 66.7 Å². The second-order valence-corrected chi connectivity index (χ2v) is 8.03. The van der Waals surface area contributed by atoms with Gasteiger partial charge in [0.2, 0.25) is 10.0 Å². The van der Waals surface area contributed by atoms with Crippen molar-refractivity contribution in [3.63, 3.8) is 0 Å². The molecule has 0 saturated heterocycles. The van der Waals surface area contributed by atoms with E-state index in [-0.39, 0.29) is 23.5 Å². The Kier molecular flexibility index (Phi) is 5.89. The Labute approximate surface area is 167 Å². The van der Waals surface area contributed by atoms with E-state index >= 15 is 0 Å². The quantitative estimate of drug-likeness (QED) is 0.597. The third kappa shape index (κ3) is 5.15. The predicted molar refractivity (Wildman–Crippen MR) is 105 cm³/mol. The topological polar surface area (TPSA) is 142 Å². The van der Waals surface area contributed by atoms with Crippen LogP contribution >= 0.6 is 0 Å². The number of rotatable bonds is 7. The van der Waals surface area contributed by atoms with E-state index in [0.29, 0.717) is 22.8 Å². The predicted octanol–water partition coefficient (Wildman–Crippen LogP) is 1.73. The molecule has 0 aliphatic heterocycles. The molecule has 2 aromatic carbocycles. The van der Waals surface area contributed by atoms with Gasteiger partial charge in [-0.1, -0.05) is 6.07 Å². The maximum Gasteiger partial charge on any atom is 0.255 e. The lowest BCUT2D eigenvalue weighted by Crippen LogP contribution is -2.14. The van der Waals surface area contributed by atoms with Crippen LogP contribution in [-0.4, -0.2) is 34.5 Å². The Balaban J connectivity index is 1.67. The standard InChI is InChI=1S/C18H20N6O4S/c1-12(2)24-17(21-22-23-24)11-28-15-5-3-4-13(10-15)18(25)20-14-6-8-16(9-7-14)29(19,26)27/h3-10,12H,11H2,1-2H3,(H,20,25)(H2,19,26,27). The highest BCUT2D eigenvalue weighted by Crippen LogP contribution is 2.18. The molecule has 0 saturated carbocycles. The number of aromatic nitrogens is 4. The van der Waals surface area contributed by atoms with E-state index in [4.69, 9.17) is 9.88 Å². The molecule has 152 valence electrons. The number of benzene rings is 2. The highest BCUT2D eigenvalue weighted by molar-refractivity contribution is 7.89. The van der Waals surface area contributed by atoms with Gasteiger partial charge in [0, 0.05) is 11.3 Å². The molecular weight excluding hydrogens is 396 g/mol. The van der Waals surface area contributed by atoms with Gasteiger partial charge in [0.05, 0.1) is 10.9 Å². The van der Waals surface area contributed by atoms with Crippen molar-refractivity contribution in [1.29, 1.82) is 0 Å². The number of carbonyl (C=O) groups excluding carboxylic acids is 1. The third-order valence-corrected chi connectivity index (χ3v) is 4.88. The molecule has 0 fully saturated rings. The minimum atomic E-state index is -3.78. The number of hydrogen-bond donors (Lipinski definition) is 2. The summed E-state index contributed by atoms with van der Waals surface area (Å²) < 4.78 is 30.0. The summed E-state index contributed by atoms with van der Waals surface area (Å²) in [4.78, 5) is 12.4. The van der Waals surface area contributed by atoms with Gasteiger partial charge < -0.3 is 10.1 Å². The van der Waals surface area contributed by atoms with E-state index in [0.717, 1.165) is 0 Å². The first kappa shape index (κ1) is 20.4. The summed E-state index contributed by atoms with van der Waals surface area (Å²) in [7, 11) is -3.78. The molecule has 0 radical (unpaired) electrons. The SMILES string of the molecule is CC(C)n1nnnc1COc1cccc(C(=O)Nc2ccc(S(N)(=O)=O)cc2)c1. The van der Waals surface area contributed by atoms with Crippen molar-refractivity contribution in [2.75, 3.05) is 5.32 Å². The van der Waals surface area contributed by atoms with Crippen LogP contribution in [0.25, 0.3) is 0 Å². The number of amides is 1. The van der Waals surface area contributed by atoms with Crippen molar-refractivity contribution in [1.82, 2.24) is 20.2 Å². The van der Waals surface area contributed by atoms with Crippen molar-refractivity contribution in [3.05, 3.63) is 59.9 Å². The van der Waals surface area contributed by atoms with Crippen LogP contribution in [0.15, 0.2) is 53.4 Å². The summed E-state index contributed by atoms with van der Waals surface area (Å²) >= 11 is 0. The van der Waals surface area contributed by atoms with Crippen molar-refractivity contribution >= 4 is 21.6 Å². The van der Waals surface area contributed by atoms with Crippen molar-refractivity contribution in [3.8, 4) is 5.75 Å². The molecule has 11 heteroatoms. The van der Waals surface area contributed by atoms with E-state index in [2.05, 4.69) is 20.8 Å². The maximum atomic E-state index is 12.5. The molecule has 1 aromatic heterocycles. The number of ether oxygens (including phenoxy) is 1. The Morgan fingerprint density at radius 2 is 1.93 bits per heavy atom. The minimum Gasteiger partial charge on any atom is -0.486 e. The summed E-state index contributed by atoms with van der Waals surface area (Å²) in [6, 6.07) is 12.3. The number of carbonyl (C=O) groups is 1. The molecule has 29 heavy (non-hydrogen) atoms. The van der Waals surface area contributed by atoms with Gasteiger partial charge in [0.1, 0.15) is 12.4 Å². The number of nitrogens with one attached hydrogen (secondary N) is 1. The van der Waals surface area contributed by atoms with Gasteiger partial charge in [0.25, 0.3) is 5.91 Å². The van der Waals surface area contributed by atoms with E-state index in [1.54, 1.807) is 28.9 Å². The lowest BCUT2D eigenvalue weighted by Gasteiger charge is -2.10. The third-order valence-electron chi connectivity index (χ3n) is 3.95.